The molecule has 1 saturated carbocycles. The smallest absolute Gasteiger partial charge is 0.170 e. The zero-order valence-electron chi connectivity index (χ0n) is 17.9. The van der Waals surface area contributed by atoms with Crippen LogP contribution in [0.2, 0.25) is 0 Å². The first-order chi connectivity index (χ1) is 15.0. The van der Waals surface area contributed by atoms with Gasteiger partial charge in [0, 0.05) is 29.3 Å². The number of hydrogen-bond donors (Lipinski definition) is 1. The van der Waals surface area contributed by atoms with E-state index in [1.54, 1.807) is 0 Å². The van der Waals surface area contributed by atoms with Crippen LogP contribution >= 0.6 is 12.2 Å². The summed E-state index contributed by atoms with van der Waals surface area (Å²) in [6.07, 6.45) is 6.68. The van der Waals surface area contributed by atoms with Crippen LogP contribution in [0.5, 0.6) is 0 Å². The highest BCUT2D eigenvalue weighted by Gasteiger charge is 2.44. The Hall–Kier alpha value is -2.73. The molecule has 6 heteroatoms. The van der Waals surface area contributed by atoms with Gasteiger partial charge in [0.1, 0.15) is 5.82 Å². The Morgan fingerprint density at radius 2 is 1.81 bits per heavy atom. The van der Waals surface area contributed by atoms with Crippen molar-refractivity contribution in [3.05, 3.63) is 83.2 Å². The van der Waals surface area contributed by atoms with E-state index in [-0.39, 0.29) is 17.9 Å². The van der Waals surface area contributed by atoms with Crippen LogP contribution in [0.4, 0.5) is 4.39 Å². The standard InChI is InChI=1S/C25H27FN4S/c1-16-15-21(17(2)29(16)20-12-10-18(26)11-13-20)24-23(22-9-5-6-14-27-22)28-25(31)30(24)19-7-3-4-8-19/h5-6,9-15,19,23-24H,3-4,7-8H2,1-2H3,(H,28,31)/t23-,24-/m0/s1. The molecule has 2 atom stereocenters. The van der Waals surface area contributed by atoms with Gasteiger partial charge in [0.15, 0.2) is 5.11 Å². The number of halogens is 1. The molecule has 160 valence electrons. The van der Waals surface area contributed by atoms with Crippen LogP contribution in [0.25, 0.3) is 5.69 Å². The fourth-order valence-electron chi connectivity index (χ4n) is 5.35. The first kappa shape index (κ1) is 20.2. The summed E-state index contributed by atoms with van der Waals surface area (Å²) < 4.78 is 15.7. The van der Waals surface area contributed by atoms with E-state index in [2.05, 4.69) is 45.7 Å². The summed E-state index contributed by atoms with van der Waals surface area (Å²) in [5.74, 6) is -0.223. The van der Waals surface area contributed by atoms with Gasteiger partial charge >= 0.3 is 0 Å². The maximum Gasteiger partial charge on any atom is 0.170 e. The molecule has 2 aliphatic rings. The average molecular weight is 435 g/mol. The molecule has 2 fully saturated rings. The fourth-order valence-corrected chi connectivity index (χ4v) is 5.74. The lowest BCUT2D eigenvalue weighted by molar-refractivity contribution is 0.245. The van der Waals surface area contributed by atoms with Gasteiger partial charge in [0.05, 0.1) is 17.8 Å². The van der Waals surface area contributed by atoms with Crippen LogP contribution < -0.4 is 5.32 Å². The second kappa shape index (κ2) is 8.08. The molecule has 3 aromatic rings. The topological polar surface area (TPSA) is 33.1 Å². The van der Waals surface area contributed by atoms with Crippen LogP contribution in [-0.4, -0.2) is 25.6 Å². The van der Waals surface area contributed by atoms with Crippen LogP contribution in [-0.2, 0) is 0 Å². The van der Waals surface area contributed by atoms with Gasteiger partial charge in [-0.3, -0.25) is 4.98 Å². The Morgan fingerprint density at radius 1 is 1.06 bits per heavy atom. The van der Waals surface area contributed by atoms with Crippen molar-refractivity contribution in [1.29, 1.82) is 0 Å². The Morgan fingerprint density at radius 3 is 2.48 bits per heavy atom. The molecule has 2 aromatic heterocycles. The molecule has 1 aliphatic carbocycles. The third kappa shape index (κ3) is 3.53. The highest BCUT2D eigenvalue weighted by Crippen LogP contribution is 2.44. The van der Waals surface area contributed by atoms with Gasteiger partial charge in [0.2, 0.25) is 0 Å². The average Bonchev–Trinajstić information content (AvgIpc) is 3.48. The van der Waals surface area contributed by atoms with E-state index in [1.165, 1.54) is 43.4 Å². The van der Waals surface area contributed by atoms with Crippen molar-refractivity contribution in [2.75, 3.05) is 0 Å². The van der Waals surface area contributed by atoms with Gasteiger partial charge in [-0.15, -0.1) is 0 Å². The zero-order valence-corrected chi connectivity index (χ0v) is 18.7. The molecule has 3 heterocycles. The summed E-state index contributed by atoms with van der Waals surface area (Å²) in [7, 11) is 0. The maximum absolute atomic E-state index is 13.5. The molecule has 0 spiro atoms. The van der Waals surface area contributed by atoms with Gasteiger partial charge in [-0.05, 0) is 86.9 Å². The molecule has 1 saturated heterocycles. The second-order valence-corrected chi connectivity index (χ2v) is 9.00. The summed E-state index contributed by atoms with van der Waals surface area (Å²) in [6.45, 7) is 4.26. The van der Waals surface area contributed by atoms with E-state index >= 15 is 0 Å². The van der Waals surface area contributed by atoms with Crippen molar-refractivity contribution >= 4 is 17.3 Å². The number of pyridine rings is 1. The van der Waals surface area contributed by atoms with Crippen molar-refractivity contribution in [1.82, 2.24) is 19.8 Å². The van der Waals surface area contributed by atoms with Gasteiger partial charge < -0.3 is 14.8 Å². The largest absolute Gasteiger partial charge is 0.352 e. The minimum atomic E-state index is -0.223. The quantitative estimate of drug-likeness (QED) is 0.546. The number of nitrogens with one attached hydrogen (secondary N) is 1. The summed E-state index contributed by atoms with van der Waals surface area (Å²) in [5, 5.41) is 4.40. The van der Waals surface area contributed by atoms with Crippen LogP contribution in [0.3, 0.4) is 0 Å². The van der Waals surface area contributed by atoms with E-state index in [1.807, 2.05) is 30.5 Å². The lowest BCUT2D eigenvalue weighted by Crippen LogP contribution is -2.37. The predicted molar refractivity (Wildman–Crippen MR) is 125 cm³/mol. The molecule has 5 rings (SSSR count). The van der Waals surface area contributed by atoms with Crippen LogP contribution in [0.1, 0.15) is 60.4 Å². The highest BCUT2D eigenvalue weighted by molar-refractivity contribution is 7.80. The third-order valence-corrected chi connectivity index (χ3v) is 7.06. The van der Waals surface area contributed by atoms with Gasteiger partial charge in [-0.25, -0.2) is 4.39 Å². The molecule has 1 N–H and O–H groups in total. The van der Waals surface area contributed by atoms with Crippen LogP contribution in [0.15, 0.2) is 54.7 Å². The Labute approximate surface area is 188 Å². The monoisotopic (exact) mass is 434 g/mol. The molecule has 0 bridgehead atoms. The zero-order chi connectivity index (χ0) is 21.5. The van der Waals surface area contributed by atoms with Gasteiger partial charge in [-0.1, -0.05) is 18.9 Å². The molecule has 1 aliphatic heterocycles. The van der Waals surface area contributed by atoms with Gasteiger partial charge in [0.25, 0.3) is 0 Å². The third-order valence-electron chi connectivity index (χ3n) is 6.73. The molecular weight excluding hydrogens is 407 g/mol. The number of aromatic nitrogens is 2. The van der Waals surface area contributed by atoms with Crippen molar-refractivity contribution < 1.29 is 4.39 Å². The van der Waals surface area contributed by atoms with Crippen molar-refractivity contribution in [2.45, 2.75) is 57.7 Å². The molecule has 1 aromatic carbocycles. The Bertz CT molecular complexity index is 1090. The summed E-state index contributed by atoms with van der Waals surface area (Å²) in [5.41, 5.74) is 5.50. The molecule has 0 amide bonds. The minimum absolute atomic E-state index is 0.00327. The Kier molecular flexibility index (Phi) is 5.26. The normalized spacial score (nSPS) is 21.6. The second-order valence-electron chi connectivity index (χ2n) is 8.61. The summed E-state index contributed by atoms with van der Waals surface area (Å²) >= 11 is 5.86. The lowest BCUT2D eigenvalue weighted by atomic mass is 9.95. The van der Waals surface area contributed by atoms with Crippen LogP contribution in [0, 0.1) is 19.7 Å². The SMILES string of the molecule is Cc1cc([C@H]2[C@H](c3ccccn3)NC(=S)N2C2CCCC2)c(C)n1-c1ccc(F)cc1. The first-order valence-corrected chi connectivity index (χ1v) is 11.4. The van der Waals surface area contributed by atoms with Crippen molar-refractivity contribution in [3.8, 4) is 5.69 Å². The van der Waals surface area contributed by atoms with E-state index in [0.717, 1.165) is 27.9 Å². The maximum atomic E-state index is 13.5. The Balaban J connectivity index is 1.63. The minimum Gasteiger partial charge on any atom is -0.352 e. The van der Waals surface area contributed by atoms with Crippen molar-refractivity contribution in [2.24, 2.45) is 0 Å². The number of thiocarbonyl (C=S) groups is 1. The first-order valence-electron chi connectivity index (χ1n) is 11.0. The van der Waals surface area contributed by atoms with E-state index in [9.17, 15) is 4.39 Å². The summed E-state index contributed by atoms with van der Waals surface area (Å²) in [4.78, 5) is 7.09. The van der Waals surface area contributed by atoms with E-state index in [4.69, 9.17) is 12.2 Å². The predicted octanol–water partition coefficient (Wildman–Crippen LogP) is 5.54. The number of benzene rings is 1. The van der Waals surface area contributed by atoms with Crippen molar-refractivity contribution in [3.63, 3.8) is 0 Å². The summed E-state index contributed by atoms with van der Waals surface area (Å²) in [6, 6.07) is 15.5. The number of hydrogen-bond acceptors (Lipinski definition) is 2. The fraction of sp³-hybridized carbons (Fsp3) is 0.360. The number of nitrogens with zero attached hydrogens (tertiary/aromatic N) is 3. The molecule has 4 nitrogen and oxygen atoms in total. The van der Waals surface area contributed by atoms with Gasteiger partial charge in [-0.2, -0.15) is 0 Å². The highest BCUT2D eigenvalue weighted by atomic mass is 32.1. The van der Waals surface area contributed by atoms with E-state index < -0.39 is 0 Å². The molecule has 0 unspecified atom stereocenters. The molecule has 0 radical (unpaired) electrons. The molecule has 31 heavy (non-hydrogen) atoms. The molecular formula is C25H27FN4S. The van der Waals surface area contributed by atoms with E-state index in [0.29, 0.717) is 6.04 Å². The lowest BCUT2D eigenvalue weighted by Gasteiger charge is -2.33. The number of aryl methyl sites for hydroxylation is 1. The number of rotatable bonds is 4.